The quantitative estimate of drug-likeness (QED) is 0.749. The van der Waals surface area contributed by atoms with Gasteiger partial charge in [0.15, 0.2) is 0 Å². The Hall–Kier alpha value is -1.62. The molecule has 0 spiro atoms. The summed E-state index contributed by atoms with van der Waals surface area (Å²) in [6, 6.07) is 4.73. The highest BCUT2D eigenvalue weighted by Crippen LogP contribution is 2.05. The van der Waals surface area contributed by atoms with Gasteiger partial charge in [-0.15, -0.1) is 0 Å². The number of carbonyl (C=O) groups is 1. The fraction of sp³-hybridized carbons (Fsp3) is 0.571. The molecule has 19 heavy (non-hydrogen) atoms. The Labute approximate surface area is 113 Å². The third-order valence-electron chi connectivity index (χ3n) is 2.84. The van der Waals surface area contributed by atoms with Crippen molar-refractivity contribution in [2.75, 3.05) is 13.7 Å². The number of nitrogens with zero attached hydrogens (tertiary/aromatic N) is 1. The predicted molar refractivity (Wildman–Crippen MR) is 74.0 cm³/mol. The van der Waals surface area contributed by atoms with E-state index in [0.717, 1.165) is 6.42 Å². The minimum Gasteiger partial charge on any atom is -0.468 e. The van der Waals surface area contributed by atoms with Crippen LogP contribution in [0.1, 0.15) is 20.3 Å². The first-order chi connectivity index (χ1) is 9.04. The highest BCUT2D eigenvalue weighted by atomic mass is 16.5. The zero-order valence-electron chi connectivity index (χ0n) is 11.8. The highest BCUT2D eigenvalue weighted by Gasteiger charge is 2.19. The monoisotopic (exact) mass is 266 g/mol. The standard InChI is InChI=1S/C14H22N2O3/c1-11(2)10-12(14(18)19-3)15-7-9-16-8-5-4-6-13(16)17/h4-6,8,11-12,15H,7,9-10H2,1-3H3. The Kier molecular flexibility index (Phi) is 6.29. The average molecular weight is 266 g/mol. The van der Waals surface area contributed by atoms with Gasteiger partial charge in [0.05, 0.1) is 7.11 Å². The van der Waals surface area contributed by atoms with Crippen LogP contribution >= 0.6 is 0 Å². The van der Waals surface area contributed by atoms with Crippen molar-refractivity contribution < 1.29 is 9.53 Å². The molecule has 1 rings (SSSR count). The second-order valence-electron chi connectivity index (χ2n) is 4.89. The Balaban J connectivity index is 2.50. The summed E-state index contributed by atoms with van der Waals surface area (Å²) in [5.41, 5.74) is -0.0391. The molecule has 1 aromatic rings. The number of pyridine rings is 1. The van der Waals surface area contributed by atoms with Crippen molar-refractivity contribution >= 4 is 5.97 Å². The molecule has 0 saturated carbocycles. The number of carbonyl (C=O) groups excluding carboxylic acids is 1. The Morgan fingerprint density at radius 2 is 2.16 bits per heavy atom. The number of methoxy groups -OCH3 is 1. The van der Waals surface area contributed by atoms with Gasteiger partial charge in [-0.3, -0.25) is 9.59 Å². The summed E-state index contributed by atoms with van der Waals surface area (Å²) in [4.78, 5) is 23.1. The number of esters is 1. The van der Waals surface area contributed by atoms with Crippen molar-refractivity contribution in [1.29, 1.82) is 0 Å². The third-order valence-corrected chi connectivity index (χ3v) is 2.84. The molecule has 0 radical (unpaired) electrons. The van der Waals surface area contributed by atoms with Crippen LogP contribution in [0.15, 0.2) is 29.2 Å². The number of hydrogen-bond donors (Lipinski definition) is 1. The fourth-order valence-electron chi connectivity index (χ4n) is 1.88. The average Bonchev–Trinajstić information content (AvgIpc) is 2.38. The smallest absolute Gasteiger partial charge is 0.322 e. The zero-order valence-corrected chi connectivity index (χ0v) is 11.8. The molecule has 0 saturated heterocycles. The molecule has 0 aliphatic heterocycles. The number of nitrogens with one attached hydrogen (secondary N) is 1. The molecule has 0 amide bonds. The van der Waals surface area contributed by atoms with E-state index in [1.54, 1.807) is 16.8 Å². The normalized spacial score (nSPS) is 12.4. The van der Waals surface area contributed by atoms with E-state index in [0.29, 0.717) is 19.0 Å². The van der Waals surface area contributed by atoms with E-state index in [1.807, 2.05) is 6.07 Å². The number of rotatable bonds is 7. The summed E-state index contributed by atoms with van der Waals surface area (Å²) in [5, 5.41) is 3.14. The van der Waals surface area contributed by atoms with Crippen molar-refractivity contribution in [3.05, 3.63) is 34.7 Å². The first kappa shape index (κ1) is 15.4. The maximum atomic E-state index is 11.6. The summed E-state index contributed by atoms with van der Waals surface area (Å²) in [7, 11) is 1.39. The van der Waals surface area contributed by atoms with Crippen molar-refractivity contribution in [3.8, 4) is 0 Å². The molecule has 1 atom stereocenters. The Morgan fingerprint density at radius 3 is 2.74 bits per heavy atom. The minimum absolute atomic E-state index is 0.0391. The lowest BCUT2D eigenvalue weighted by molar-refractivity contribution is -0.143. The van der Waals surface area contributed by atoms with E-state index in [2.05, 4.69) is 19.2 Å². The maximum absolute atomic E-state index is 11.6. The fourth-order valence-corrected chi connectivity index (χ4v) is 1.88. The first-order valence-corrected chi connectivity index (χ1v) is 6.51. The van der Waals surface area contributed by atoms with Crippen LogP contribution in [0.2, 0.25) is 0 Å². The topological polar surface area (TPSA) is 60.3 Å². The van der Waals surface area contributed by atoms with Crippen molar-refractivity contribution in [2.45, 2.75) is 32.9 Å². The van der Waals surface area contributed by atoms with Crippen LogP contribution in [0.3, 0.4) is 0 Å². The molecule has 1 heterocycles. The van der Waals surface area contributed by atoms with Gasteiger partial charge < -0.3 is 14.6 Å². The number of aromatic nitrogens is 1. The molecule has 0 fully saturated rings. The van der Waals surface area contributed by atoms with Crippen molar-refractivity contribution in [2.24, 2.45) is 5.92 Å². The second kappa shape index (κ2) is 7.74. The summed E-state index contributed by atoms with van der Waals surface area (Å²) < 4.78 is 6.38. The summed E-state index contributed by atoms with van der Waals surface area (Å²) in [6.45, 7) is 5.19. The molecule has 0 aliphatic carbocycles. The molecule has 0 aliphatic rings. The lowest BCUT2D eigenvalue weighted by Crippen LogP contribution is -2.41. The van der Waals surface area contributed by atoms with Crippen molar-refractivity contribution in [3.63, 3.8) is 0 Å². The van der Waals surface area contributed by atoms with Crippen LogP contribution in [-0.2, 0) is 16.1 Å². The van der Waals surface area contributed by atoms with Gasteiger partial charge in [-0.25, -0.2) is 0 Å². The van der Waals surface area contributed by atoms with E-state index in [1.165, 1.54) is 13.2 Å². The Morgan fingerprint density at radius 1 is 1.42 bits per heavy atom. The zero-order chi connectivity index (χ0) is 14.3. The van der Waals surface area contributed by atoms with Crippen LogP contribution in [0.5, 0.6) is 0 Å². The van der Waals surface area contributed by atoms with Gasteiger partial charge in [-0.2, -0.15) is 0 Å². The molecular formula is C14H22N2O3. The molecule has 5 nitrogen and oxygen atoms in total. The molecule has 0 bridgehead atoms. The van der Waals surface area contributed by atoms with Crippen LogP contribution in [0, 0.1) is 5.92 Å². The van der Waals surface area contributed by atoms with E-state index in [9.17, 15) is 9.59 Å². The van der Waals surface area contributed by atoms with Gasteiger partial charge >= 0.3 is 5.97 Å². The van der Waals surface area contributed by atoms with Crippen LogP contribution in [0.4, 0.5) is 0 Å². The molecule has 1 unspecified atom stereocenters. The summed E-state index contributed by atoms with van der Waals surface area (Å²) in [6.07, 6.45) is 2.45. The number of ether oxygens (including phenoxy) is 1. The van der Waals surface area contributed by atoms with Gasteiger partial charge in [0.2, 0.25) is 0 Å². The summed E-state index contributed by atoms with van der Waals surface area (Å²) >= 11 is 0. The van der Waals surface area contributed by atoms with Gasteiger partial charge in [0.1, 0.15) is 6.04 Å². The van der Waals surface area contributed by atoms with Gasteiger partial charge in [-0.1, -0.05) is 19.9 Å². The molecule has 1 aromatic heterocycles. The van der Waals surface area contributed by atoms with E-state index in [4.69, 9.17) is 4.74 Å². The van der Waals surface area contributed by atoms with Crippen LogP contribution in [0.25, 0.3) is 0 Å². The molecular weight excluding hydrogens is 244 g/mol. The maximum Gasteiger partial charge on any atom is 0.322 e. The Bertz CT molecular complexity index is 454. The summed E-state index contributed by atoms with van der Waals surface area (Å²) in [5.74, 6) is 0.144. The third kappa shape index (κ3) is 5.26. The van der Waals surface area contributed by atoms with Gasteiger partial charge in [-0.05, 0) is 18.4 Å². The van der Waals surface area contributed by atoms with Gasteiger partial charge in [0.25, 0.3) is 5.56 Å². The number of hydrogen-bond acceptors (Lipinski definition) is 4. The largest absolute Gasteiger partial charge is 0.468 e. The van der Waals surface area contributed by atoms with Gasteiger partial charge in [0, 0.05) is 25.4 Å². The van der Waals surface area contributed by atoms with Crippen LogP contribution < -0.4 is 10.9 Å². The lowest BCUT2D eigenvalue weighted by Gasteiger charge is -2.18. The molecule has 106 valence electrons. The van der Waals surface area contributed by atoms with Crippen LogP contribution in [-0.4, -0.2) is 30.2 Å². The highest BCUT2D eigenvalue weighted by molar-refractivity contribution is 5.75. The van der Waals surface area contributed by atoms with Crippen molar-refractivity contribution in [1.82, 2.24) is 9.88 Å². The minimum atomic E-state index is -0.315. The predicted octanol–water partition coefficient (Wildman–Crippen LogP) is 1.03. The van der Waals surface area contributed by atoms with E-state index >= 15 is 0 Å². The SMILES string of the molecule is COC(=O)C(CC(C)C)NCCn1ccccc1=O. The lowest BCUT2D eigenvalue weighted by atomic mass is 10.0. The first-order valence-electron chi connectivity index (χ1n) is 6.51. The molecule has 0 aromatic carbocycles. The second-order valence-corrected chi connectivity index (χ2v) is 4.89. The molecule has 1 N–H and O–H groups in total. The van der Waals surface area contributed by atoms with E-state index < -0.39 is 0 Å². The molecule has 5 heteroatoms. The van der Waals surface area contributed by atoms with E-state index in [-0.39, 0.29) is 17.6 Å².